The van der Waals surface area contributed by atoms with E-state index < -0.39 is 0 Å². The van der Waals surface area contributed by atoms with Crippen LogP contribution >= 0.6 is 11.8 Å². The highest BCUT2D eigenvalue weighted by Crippen LogP contribution is 2.22. The number of aromatic hydroxyl groups is 1. The van der Waals surface area contributed by atoms with Crippen molar-refractivity contribution in [3.05, 3.63) is 89.7 Å². The quantitative estimate of drug-likeness (QED) is 0.363. The van der Waals surface area contributed by atoms with E-state index in [-0.39, 0.29) is 17.6 Å². The van der Waals surface area contributed by atoms with Crippen LogP contribution in [0.3, 0.4) is 0 Å². The van der Waals surface area contributed by atoms with E-state index >= 15 is 0 Å². The van der Waals surface area contributed by atoms with Crippen molar-refractivity contribution >= 4 is 23.6 Å². The summed E-state index contributed by atoms with van der Waals surface area (Å²) in [6.07, 6.45) is 4.21. The lowest BCUT2D eigenvalue weighted by atomic mass is 10.2. The molecule has 0 saturated carbocycles. The molecule has 0 aliphatic heterocycles. The van der Waals surface area contributed by atoms with E-state index in [0.29, 0.717) is 30.6 Å². The van der Waals surface area contributed by atoms with Crippen molar-refractivity contribution in [3.63, 3.8) is 0 Å². The molecule has 2 amide bonds. The summed E-state index contributed by atoms with van der Waals surface area (Å²) < 4.78 is 0. The van der Waals surface area contributed by atoms with Gasteiger partial charge in [0.25, 0.3) is 11.8 Å². The molecule has 2 aromatic carbocycles. The predicted octanol–water partition coefficient (Wildman–Crippen LogP) is 3.63. The molecule has 0 aliphatic rings. The number of nitrogens with one attached hydrogen (secondary N) is 2. The third-order valence-corrected chi connectivity index (χ3v) is 5.36. The monoisotopic (exact) mass is 421 g/mol. The van der Waals surface area contributed by atoms with Crippen molar-refractivity contribution in [1.29, 1.82) is 0 Å². The molecule has 0 saturated heterocycles. The summed E-state index contributed by atoms with van der Waals surface area (Å²) in [5.41, 5.74) is 2.16. The number of nitrogens with zero attached hydrogens (tertiary/aromatic N) is 1. The fourth-order valence-electron chi connectivity index (χ4n) is 2.70. The summed E-state index contributed by atoms with van der Waals surface area (Å²) in [6.45, 7) is 0.884. The van der Waals surface area contributed by atoms with Gasteiger partial charge in [-0.3, -0.25) is 14.6 Å². The summed E-state index contributed by atoms with van der Waals surface area (Å²) in [7, 11) is 0. The zero-order chi connectivity index (χ0) is 21.2. The van der Waals surface area contributed by atoms with Gasteiger partial charge in [-0.2, -0.15) is 0 Å². The Kier molecular flexibility index (Phi) is 7.86. The number of aromatic nitrogens is 1. The van der Waals surface area contributed by atoms with Crippen LogP contribution < -0.4 is 10.6 Å². The van der Waals surface area contributed by atoms with Gasteiger partial charge in [0.05, 0.1) is 0 Å². The molecular formula is C23H23N3O3S. The van der Waals surface area contributed by atoms with Gasteiger partial charge < -0.3 is 15.7 Å². The molecule has 3 rings (SSSR count). The Balaban J connectivity index is 1.36. The maximum absolute atomic E-state index is 12.3. The molecule has 0 atom stereocenters. The molecule has 154 valence electrons. The number of amides is 2. The number of pyridine rings is 1. The number of rotatable bonds is 9. The van der Waals surface area contributed by atoms with Crippen molar-refractivity contribution in [3.8, 4) is 5.75 Å². The molecule has 0 radical (unpaired) electrons. The number of hydrogen-bond acceptors (Lipinski definition) is 5. The molecule has 30 heavy (non-hydrogen) atoms. The zero-order valence-corrected chi connectivity index (χ0v) is 17.2. The Labute approximate surface area is 179 Å². The molecule has 7 heteroatoms. The molecule has 1 aromatic heterocycles. The number of carbonyl (C=O) groups is 2. The normalized spacial score (nSPS) is 10.4. The standard InChI is InChI=1S/C23H23N3O3S/c27-20-6-1-5-19(14-20)23(29)26-13-3-12-25-22(28)18-7-9-21(10-8-18)30-16-17-4-2-11-24-15-17/h1-2,4-11,14-15,27H,3,12-13,16H2,(H,25,28)(H,26,29). The van der Waals surface area contributed by atoms with Crippen LogP contribution in [0.5, 0.6) is 5.75 Å². The SMILES string of the molecule is O=C(NCCCNC(=O)c1cccc(O)c1)c1ccc(SCc2cccnc2)cc1. The lowest BCUT2D eigenvalue weighted by Crippen LogP contribution is -2.29. The minimum absolute atomic E-state index is 0.0522. The average Bonchev–Trinajstić information content (AvgIpc) is 2.78. The first kappa shape index (κ1) is 21.4. The van der Waals surface area contributed by atoms with Crippen molar-refractivity contribution in [2.24, 2.45) is 0 Å². The molecule has 0 spiro atoms. The van der Waals surface area contributed by atoms with Crippen LogP contribution in [0.25, 0.3) is 0 Å². The van der Waals surface area contributed by atoms with Crippen LogP contribution in [-0.2, 0) is 5.75 Å². The topological polar surface area (TPSA) is 91.3 Å². The summed E-state index contributed by atoms with van der Waals surface area (Å²) in [6, 6.07) is 17.6. The number of hydrogen-bond donors (Lipinski definition) is 3. The van der Waals surface area contributed by atoms with Crippen molar-refractivity contribution in [2.45, 2.75) is 17.1 Å². The first-order valence-corrected chi connectivity index (χ1v) is 10.6. The highest BCUT2D eigenvalue weighted by Gasteiger charge is 2.07. The average molecular weight is 422 g/mol. The molecule has 6 nitrogen and oxygen atoms in total. The van der Waals surface area contributed by atoms with Gasteiger partial charge in [-0.1, -0.05) is 12.1 Å². The minimum atomic E-state index is -0.253. The molecule has 0 aliphatic carbocycles. The molecule has 1 heterocycles. The third-order valence-electron chi connectivity index (χ3n) is 4.28. The second-order valence-electron chi connectivity index (χ2n) is 6.59. The van der Waals surface area contributed by atoms with Gasteiger partial charge in [0.1, 0.15) is 5.75 Å². The molecule has 0 fully saturated rings. The number of phenolic OH excluding ortho intramolecular Hbond substituents is 1. The number of thioether (sulfide) groups is 1. The fourth-order valence-corrected chi connectivity index (χ4v) is 3.53. The minimum Gasteiger partial charge on any atom is -0.508 e. The maximum Gasteiger partial charge on any atom is 0.251 e. The van der Waals surface area contributed by atoms with E-state index in [0.717, 1.165) is 16.2 Å². The van der Waals surface area contributed by atoms with Crippen LogP contribution in [0, 0.1) is 0 Å². The van der Waals surface area contributed by atoms with Gasteiger partial charge in [0, 0.05) is 47.3 Å². The number of carbonyl (C=O) groups excluding carboxylic acids is 2. The Bertz CT molecular complexity index is 978. The lowest BCUT2D eigenvalue weighted by molar-refractivity contribution is 0.0951. The van der Waals surface area contributed by atoms with Crippen molar-refractivity contribution < 1.29 is 14.7 Å². The lowest BCUT2D eigenvalue weighted by Gasteiger charge is -2.08. The fraction of sp³-hybridized carbons (Fsp3) is 0.174. The van der Waals surface area contributed by atoms with Crippen molar-refractivity contribution in [2.75, 3.05) is 13.1 Å². The van der Waals surface area contributed by atoms with E-state index in [9.17, 15) is 14.7 Å². The first-order chi connectivity index (χ1) is 14.6. The smallest absolute Gasteiger partial charge is 0.251 e. The van der Waals surface area contributed by atoms with E-state index in [2.05, 4.69) is 15.6 Å². The van der Waals surface area contributed by atoms with Gasteiger partial charge in [-0.15, -0.1) is 11.8 Å². The largest absolute Gasteiger partial charge is 0.508 e. The predicted molar refractivity (Wildman–Crippen MR) is 118 cm³/mol. The van der Waals surface area contributed by atoms with E-state index in [1.807, 2.05) is 42.6 Å². The number of benzene rings is 2. The number of phenols is 1. The Morgan fingerprint density at radius 2 is 1.63 bits per heavy atom. The highest BCUT2D eigenvalue weighted by atomic mass is 32.2. The second kappa shape index (κ2) is 11.0. The van der Waals surface area contributed by atoms with Crippen LogP contribution in [0.4, 0.5) is 0 Å². The van der Waals surface area contributed by atoms with Gasteiger partial charge in [-0.25, -0.2) is 0 Å². The molecule has 0 bridgehead atoms. The maximum atomic E-state index is 12.3. The Hall–Kier alpha value is -3.32. The molecule has 3 aromatic rings. The molecule has 0 unspecified atom stereocenters. The highest BCUT2D eigenvalue weighted by molar-refractivity contribution is 7.98. The first-order valence-electron chi connectivity index (χ1n) is 9.59. The Morgan fingerprint density at radius 3 is 2.30 bits per heavy atom. The van der Waals surface area contributed by atoms with Gasteiger partial charge in [0.15, 0.2) is 0 Å². The third kappa shape index (κ3) is 6.63. The summed E-state index contributed by atoms with van der Waals surface area (Å²) in [5.74, 6) is 0.486. The second-order valence-corrected chi connectivity index (χ2v) is 7.64. The molecule has 3 N–H and O–H groups in total. The molecular weight excluding hydrogens is 398 g/mol. The van der Waals surface area contributed by atoms with Gasteiger partial charge >= 0.3 is 0 Å². The Morgan fingerprint density at radius 1 is 0.900 bits per heavy atom. The van der Waals surface area contributed by atoms with E-state index in [4.69, 9.17) is 0 Å². The summed E-state index contributed by atoms with van der Waals surface area (Å²) >= 11 is 1.69. The van der Waals surface area contributed by atoms with Crippen molar-refractivity contribution in [1.82, 2.24) is 15.6 Å². The summed E-state index contributed by atoms with van der Waals surface area (Å²) in [5, 5.41) is 15.0. The van der Waals surface area contributed by atoms with Crippen LogP contribution in [-0.4, -0.2) is 35.0 Å². The van der Waals surface area contributed by atoms with E-state index in [1.165, 1.54) is 12.1 Å². The van der Waals surface area contributed by atoms with Crippen LogP contribution in [0.1, 0.15) is 32.7 Å². The zero-order valence-electron chi connectivity index (χ0n) is 16.4. The summed E-state index contributed by atoms with van der Waals surface area (Å²) in [4.78, 5) is 29.4. The van der Waals surface area contributed by atoms with Gasteiger partial charge in [0.2, 0.25) is 0 Å². The van der Waals surface area contributed by atoms with Gasteiger partial charge in [-0.05, 0) is 60.5 Å². The van der Waals surface area contributed by atoms with Crippen LogP contribution in [0.2, 0.25) is 0 Å². The van der Waals surface area contributed by atoms with E-state index in [1.54, 1.807) is 30.1 Å². The van der Waals surface area contributed by atoms with Crippen LogP contribution in [0.15, 0.2) is 78.0 Å².